The highest BCUT2D eigenvalue weighted by atomic mass is 32.1. The molecule has 2 N–H and O–H groups in total. The maximum absolute atomic E-state index is 11.1. The van der Waals surface area contributed by atoms with Crippen molar-refractivity contribution in [3.05, 3.63) is 63.7 Å². The van der Waals surface area contributed by atoms with Gasteiger partial charge in [0.1, 0.15) is 5.69 Å². The number of benzene rings is 2. The fourth-order valence-corrected chi connectivity index (χ4v) is 2.13. The summed E-state index contributed by atoms with van der Waals surface area (Å²) in [4.78, 5) is 10.6. The molecule has 0 aromatic heterocycles. The molecule has 6 heteroatoms. The smallest absolute Gasteiger partial charge is 0.292 e. The summed E-state index contributed by atoms with van der Waals surface area (Å²) in [5.74, 6) is 0. The third-order valence-corrected chi connectivity index (χ3v) is 3.08. The Hall–Kier alpha value is -2.47. The second-order valence-corrected chi connectivity index (χ2v) is 5.13. The number of nitro groups is 1. The Morgan fingerprint density at radius 1 is 1.10 bits per heavy atom. The summed E-state index contributed by atoms with van der Waals surface area (Å²) in [5, 5.41) is 17.2. The Kier molecular flexibility index (Phi) is 4.49. The second kappa shape index (κ2) is 6.32. The highest BCUT2D eigenvalue weighted by molar-refractivity contribution is 7.80. The van der Waals surface area contributed by atoms with Crippen molar-refractivity contribution >= 4 is 34.4 Å². The summed E-state index contributed by atoms with van der Waals surface area (Å²) >= 11 is 5.20. The van der Waals surface area contributed by atoms with Gasteiger partial charge in [0, 0.05) is 11.8 Å². The van der Waals surface area contributed by atoms with Crippen LogP contribution in [0, 0.1) is 24.0 Å². The Balaban J connectivity index is 2.15. The molecule has 0 spiro atoms. The van der Waals surface area contributed by atoms with Gasteiger partial charge in [-0.1, -0.05) is 18.2 Å². The van der Waals surface area contributed by atoms with Gasteiger partial charge in [-0.2, -0.15) is 0 Å². The monoisotopic (exact) mass is 301 g/mol. The highest BCUT2D eigenvalue weighted by Crippen LogP contribution is 2.25. The van der Waals surface area contributed by atoms with Crippen molar-refractivity contribution < 1.29 is 4.92 Å². The number of hydrogen-bond donors (Lipinski definition) is 2. The van der Waals surface area contributed by atoms with Crippen molar-refractivity contribution in [2.24, 2.45) is 0 Å². The molecule has 2 aromatic carbocycles. The van der Waals surface area contributed by atoms with Gasteiger partial charge in [0.05, 0.1) is 4.92 Å². The van der Waals surface area contributed by atoms with E-state index in [0.717, 1.165) is 16.8 Å². The topological polar surface area (TPSA) is 67.2 Å². The maximum atomic E-state index is 11.1. The van der Waals surface area contributed by atoms with Crippen LogP contribution in [0.2, 0.25) is 0 Å². The highest BCUT2D eigenvalue weighted by Gasteiger charge is 2.14. The van der Waals surface area contributed by atoms with Gasteiger partial charge in [-0.25, -0.2) is 0 Å². The minimum Gasteiger partial charge on any atom is -0.332 e. The molecule has 0 unspecified atom stereocenters. The van der Waals surface area contributed by atoms with E-state index in [-0.39, 0.29) is 5.69 Å². The van der Waals surface area contributed by atoms with Crippen LogP contribution in [0.15, 0.2) is 42.5 Å². The van der Waals surface area contributed by atoms with E-state index in [1.165, 1.54) is 6.07 Å². The average Bonchev–Trinajstić information content (AvgIpc) is 2.40. The summed E-state index contributed by atoms with van der Waals surface area (Å²) in [7, 11) is 0. The largest absolute Gasteiger partial charge is 0.332 e. The van der Waals surface area contributed by atoms with Gasteiger partial charge in [0.2, 0.25) is 0 Å². The quantitative estimate of drug-likeness (QED) is 0.509. The van der Waals surface area contributed by atoms with Crippen molar-refractivity contribution in [2.75, 3.05) is 10.6 Å². The van der Waals surface area contributed by atoms with Crippen LogP contribution in [0.5, 0.6) is 0 Å². The molecule has 2 rings (SSSR count). The van der Waals surface area contributed by atoms with E-state index in [0.29, 0.717) is 10.8 Å². The van der Waals surface area contributed by atoms with Gasteiger partial charge in [-0.15, -0.1) is 0 Å². The number of hydrogen-bond acceptors (Lipinski definition) is 3. The summed E-state index contributed by atoms with van der Waals surface area (Å²) in [6.07, 6.45) is 0. The maximum Gasteiger partial charge on any atom is 0.292 e. The molecule has 0 radical (unpaired) electrons. The Morgan fingerprint density at radius 2 is 1.81 bits per heavy atom. The lowest BCUT2D eigenvalue weighted by atomic mass is 10.2. The number of thiocarbonyl (C=S) groups is 1. The third kappa shape index (κ3) is 4.00. The van der Waals surface area contributed by atoms with Crippen molar-refractivity contribution in [3.8, 4) is 0 Å². The normalized spacial score (nSPS) is 10.0. The molecule has 2 aromatic rings. The van der Waals surface area contributed by atoms with Crippen LogP contribution in [0.25, 0.3) is 0 Å². The van der Waals surface area contributed by atoms with Gasteiger partial charge in [0.15, 0.2) is 5.11 Å². The van der Waals surface area contributed by atoms with Crippen molar-refractivity contribution in [1.29, 1.82) is 0 Å². The molecule has 0 amide bonds. The second-order valence-electron chi connectivity index (χ2n) is 4.73. The molecule has 0 saturated heterocycles. The number of aryl methyl sites for hydroxylation is 2. The predicted octanol–water partition coefficient (Wildman–Crippen LogP) is 4.02. The molecular weight excluding hydrogens is 286 g/mol. The molecule has 0 heterocycles. The fourth-order valence-electron chi connectivity index (χ4n) is 1.91. The zero-order chi connectivity index (χ0) is 15.4. The van der Waals surface area contributed by atoms with Gasteiger partial charge >= 0.3 is 0 Å². The van der Waals surface area contributed by atoms with Crippen LogP contribution in [-0.2, 0) is 0 Å². The summed E-state index contributed by atoms with van der Waals surface area (Å²) in [6, 6.07) is 12.7. The van der Waals surface area contributed by atoms with E-state index in [1.54, 1.807) is 19.1 Å². The molecule has 0 fully saturated rings. The van der Waals surface area contributed by atoms with E-state index >= 15 is 0 Å². The molecule has 0 bridgehead atoms. The number of anilines is 2. The molecule has 21 heavy (non-hydrogen) atoms. The van der Waals surface area contributed by atoms with Gasteiger partial charge in [0.25, 0.3) is 5.69 Å². The number of nitrogens with one attached hydrogen (secondary N) is 2. The lowest BCUT2D eigenvalue weighted by molar-refractivity contribution is -0.383. The zero-order valence-corrected chi connectivity index (χ0v) is 12.5. The van der Waals surface area contributed by atoms with E-state index in [9.17, 15) is 10.1 Å². The molecule has 5 nitrogen and oxygen atoms in total. The first kappa shape index (κ1) is 14.9. The molecule has 0 aliphatic heterocycles. The molecule has 0 aliphatic carbocycles. The number of nitrogens with zero attached hydrogens (tertiary/aromatic N) is 1. The minimum atomic E-state index is -0.426. The SMILES string of the molecule is Cc1cccc(NC(=S)Nc2ccc(C)cc2[N+](=O)[O-])c1. The first-order valence-electron chi connectivity index (χ1n) is 6.35. The van der Waals surface area contributed by atoms with Crippen LogP contribution in [0.3, 0.4) is 0 Å². The fraction of sp³-hybridized carbons (Fsp3) is 0.133. The summed E-state index contributed by atoms with van der Waals surface area (Å²) in [6.45, 7) is 3.78. The standard InChI is InChI=1S/C15H15N3O2S/c1-10-4-3-5-12(8-10)16-15(21)17-13-7-6-11(2)9-14(13)18(19)20/h3-9H,1-2H3,(H2,16,17,21). The molecule has 0 atom stereocenters. The molecule has 0 saturated carbocycles. The van der Waals surface area contributed by atoms with Crippen molar-refractivity contribution in [1.82, 2.24) is 0 Å². The molecule has 0 aliphatic rings. The summed E-state index contributed by atoms with van der Waals surface area (Å²) in [5.41, 5.74) is 3.13. The summed E-state index contributed by atoms with van der Waals surface area (Å²) < 4.78 is 0. The van der Waals surface area contributed by atoms with E-state index in [4.69, 9.17) is 12.2 Å². The zero-order valence-electron chi connectivity index (χ0n) is 11.7. The number of nitro benzene ring substituents is 1. The third-order valence-electron chi connectivity index (χ3n) is 2.87. The molecule has 108 valence electrons. The van der Waals surface area contributed by atoms with Crippen LogP contribution in [0.1, 0.15) is 11.1 Å². The number of rotatable bonds is 3. The van der Waals surface area contributed by atoms with Crippen LogP contribution in [-0.4, -0.2) is 10.0 Å². The first-order chi connectivity index (χ1) is 9.95. The van der Waals surface area contributed by atoms with Gasteiger partial charge in [-0.3, -0.25) is 10.1 Å². The van der Waals surface area contributed by atoms with Crippen LogP contribution < -0.4 is 10.6 Å². The van der Waals surface area contributed by atoms with Crippen molar-refractivity contribution in [3.63, 3.8) is 0 Å². The lowest BCUT2D eigenvalue weighted by Gasteiger charge is -2.11. The van der Waals surface area contributed by atoms with Crippen LogP contribution >= 0.6 is 12.2 Å². The average molecular weight is 301 g/mol. The Bertz CT molecular complexity index is 701. The van der Waals surface area contributed by atoms with Crippen molar-refractivity contribution in [2.45, 2.75) is 13.8 Å². The van der Waals surface area contributed by atoms with Gasteiger partial charge in [-0.05, 0) is 55.4 Å². The molecular formula is C15H15N3O2S. The van der Waals surface area contributed by atoms with Crippen LogP contribution in [0.4, 0.5) is 17.1 Å². The predicted molar refractivity (Wildman–Crippen MR) is 88.9 cm³/mol. The van der Waals surface area contributed by atoms with Gasteiger partial charge < -0.3 is 10.6 Å². The van der Waals surface area contributed by atoms with E-state index in [1.807, 2.05) is 31.2 Å². The van der Waals surface area contributed by atoms with E-state index < -0.39 is 4.92 Å². The first-order valence-corrected chi connectivity index (χ1v) is 6.76. The van der Waals surface area contributed by atoms with E-state index in [2.05, 4.69) is 10.6 Å². The Morgan fingerprint density at radius 3 is 2.48 bits per heavy atom. The lowest BCUT2D eigenvalue weighted by Crippen LogP contribution is -2.19. The Labute approximate surface area is 128 Å². The minimum absolute atomic E-state index is 0.00314.